The van der Waals surface area contributed by atoms with E-state index in [-0.39, 0.29) is 6.61 Å². The maximum Gasteiger partial charge on any atom is 0.357 e. The molecular formula is C21H15N3O4. The van der Waals surface area contributed by atoms with Gasteiger partial charge in [-0.25, -0.2) is 9.78 Å². The van der Waals surface area contributed by atoms with Crippen molar-refractivity contribution in [3.05, 3.63) is 77.9 Å². The molecule has 0 saturated carbocycles. The zero-order valence-electron chi connectivity index (χ0n) is 15.0. The van der Waals surface area contributed by atoms with Gasteiger partial charge in [0, 0.05) is 17.6 Å². The molecule has 0 atom stereocenters. The SMILES string of the molecule is Cc1nc2ccccn2c1C(=O)OCc1cc(-c2cc3ccccc3o2)on1. The largest absolute Gasteiger partial charge is 0.454 e. The first kappa shape index (κ1) is 16.3. The Labute approximate surface area is 159 Å². The van der Waals surface area contributed by atoms with Gasteiger partial charge in [-0.2, -0.15) is 0 Å². The fraction of sp³-hybridized carbons (Fsp3) is 0.0952. The molecule has 7 heteroatoms. The number of rotatable bonds is 4. The molecule has 4 heterocycles. The minimum atomic E-state index is -0.468. The number of hydrogen-bond acceptors (Lipinski definition) is 6. The van der Waals surface area contributed by atoms with E-state index in [1.54, 1.807) is 23.6 Å². The van der Waals surface area contributed by atoms with Crippen molar-refractivity contribution >= 4 is 22.6 Å². The maximum atomic E-state index is 12.5. The van der Waals surface area contributed by atoms with Crippen molar-refractivity contribution in [1.82, 2.24) is 14.5 Å². The van der Waals surface area contributed by atoms with Crippen LogP contribution in [0.15, 0.2) is 69.7 Å². The Balaban J connectivity index is 1.34. The van der Waals surface area contributed by atoms with Crippen LogP contribution in [0.4, 0.5) is 0 Å². The van der Waals surface area contributed by atoms with Crippen LogP contribution in [-0.4, -0.2) is 20.5 Å². The summed E-state index contributed by atoms with van der Waals surface area (Å²) < 4.78 is 18.2. The minimum Gasteiger partial charge on any atom is -0.454 e. The topological polar surface area (TPSA) is 82.8 Å². The van der Waals surface area contributed by atoms with Gasteiger partial charge in [-0.05, 0) is 31.2 Å². The molecule has 0 aliphatic rings. The molecular weight excluding hydrogens is 358 g/mol. The second-order valence-corrected chi connectivity index (χ2v) is 6.38. The van der Waals surface area contributed by atoms with Gasteiger partial charge < -0.3 is 13.7 Å². The first-order valence-electron chi connectivity index (χ1n) is 8.74. The summed E-state index contributed by atoms with van der Waals surface area (Å²) in [6.07, 6.45) is 1.78. The predicted octanol–water partition coefficient (Wildman–Crippen LogP) is 4.40. The molecule has 1 aromatic carbocycles. The summed E-state index contributed by atoms with van der Waals surface area (Å²) in [4.78, 5) is 16.9. The van der Waals surface area contributed by atoms with Crippen molar-refractivity contribution < 1.29 is 18.5 Å². The van der Waals surface area contributed by atoms with Gasteiger partial charge in [0.2, 0.25) is 5.76 Å². The summed E-state index contributed by atoms with van der Waals surface area (Å²) in [5.41, 5.74) is 2.97. The molecule has 0 saturated heterocycles. The van der Waals surface area contributed by atoms with E-state index in [0.717, 1.165) is 11.0 Å². The second kappa shape index (κ2) is 6.38. The Hall–Kier alpha value is -3.87. The van der Waals surface area contributed by atoms with Crippen molar-refractivity contribution in [2.45, 2.75) is 13.5 Å². The second-order valence-electron chi connectivity index (χ2n) is 6.38. The number of pyridine rings is 1. The number of hydrogen-bond donors (Lipinski definition) is 0. The van der Waals surface area contributed by atoms with Gasteiger partial charge in [0.05, 0.1) is 5.69 Å². The van der Waals surface area contributed by atoms with E-state index < -0.39 is 5.97 Å². The smallest absolute Gasteiger partial charge is 0.357 e. The van der Waals surface area contributed by atoms with Crippen LogP contribution in [0.1, 0.15) is 21.9 Å². The molecule has 5 rings (SSSR count). The molecule has 0 unspecified atom stereocenters. The molecule has 0 bridgehead atoms. The van der Waals surface area contributed by atoms with Crippen molar-refractivity contribution in [3.63, 3.8) is 0 Å². The summed E-state index contributed by atoms with van der Waals surface area (Å²) in [6, 6.07) is 16.8. The van der Waals surface area contributed by atoms with Crippen molar-refractivity contribution in [3.8, 4) is 11.5 Å². The molecule has 0 amide bonds. The molecule has 138 valence electrons. The lowest BCUT2D eigenvalue weighted by Crippen LogP contribution is -2.09. The molecule has 28 heavy (non-hydrogen) atoms. The first-order valence-corrected chi connectivity index (χ1v) is 8.74. The van der Waals surface area contributed by atoms with Gasteiger partial charge in [-0.15, -0.1) is 0 Å². The number of nitrogens with zero attached hydrogens (tertiary/aromatic N) is 3. The zero-order valence-corrected chi connectivity index (χ0v) is 15.0. The Morgan fingerprint density at radius 1 is 1.11 bits per heavy atom. The highest BCUT2D eigenvalue weighted by Gasteiger charge is 2.19. The van der Waals surface area contributed by atoms with Crippen LogP contribution in [0.2, 0.25) is 0 Å². The van der Waals surface area contributed by atoms with Gasteiger partial charge in [0.25, 0.3) is 0 Å². The van der Waals surface area contributed by atoms with Crippen molar-refractivity contribution in [2.24, 2.45) is 0 Å². The van der Waals surface area contributed by atoms with Crippen LogP contribution in [0, 0.1) is 6.92 Å². The third kappa shape index (κ3) is 2.73. The highest BCUT2D eigenvalue weighted by molar-refractivity contribution is 5.90. The van der Waals surface area contributed by atoms with Crippen LogP contribution in [0.3, 0.4) is 0 Å². The normalized spacial score (nSPS) is 11.3. The molecule has 0 fully saturated rings. The number of carbonyl (C=O) groups excluding carboxylic acids is 1. The van der Waals surface area contributed by atoms with E-state index in [0.29, 0.717) is 34.2 Å². The average Bonchev–Trinajstić information content (AvgIpc) is 3.41. The summed E-state index contributed by atoms with van der Waals surface area (Å²) in [7, 11) is 0. The average molecular weight is 373 g/mol. The Morgan fingerprint density at radius 3 is 2.86 bits per heavy atom. The number of aryl methyl sites for hydroxylation is 1. The predicted molar refractivity (Wildman–Crippen MR) is 101 cm³/mol. The van der Waals surface area contributed by atoms with Crippen LogP contribution in [0.25, 0.3) is 28.1 Å². The summed E-state index contributed by atoms with van der Waals surface area (Å²) in [5, 5.41) is 4.94. The van der Waals surface area contributed by atoms with Crippen molar-refractivity contribution in [1.29, 1.82) is 0 Å². The number of ether oxygens (including phenoxy) is 1. The van der Waals surface area contributed by atoms with E-state index in [9.17, 15) is 4.79 Å². The molecule has 0 aliphatic carbocycles. The quantitative estimate of drug-likeness (QED) is 0.434. The Kier molecular flexibility index (Phi) is 3.72. The number of benzene rings is 1. The summed E-state index contributed by atoms with van der Waals surface area (Å²) in [5.74, 6) is 0.585. The first-order chi connectivity index (χ1) is 13.7. The van der Waals surface area contributed by atoms with Crippen molar-refractivity contribution in [2.75, 3.05) is 0 Å². The van der Waals surface area contributed by atoms with Gasteiger partial charge in [-0.3, -0.25) is 4.40 Å². The van der Waals surface area contributed by atoms with E-state index in [4.69, 9.17) is 13.7 Å². The molecule has 0 spiro atoms. The van der Waals surface area contributed by atoms with Crippen LogP contribution < -0.4 is 0 Å². The molecule has 5 aromatic rings. The van der Waals surface area contributed by atoms with Crippen LogP contribution in [-0.2, 0) is 11.3 Å². The number of fused-ring (bicyclic) bond motifs is 2. The van der Waals surface area contributed by atoms with E-state index in [1.165, 1.54) is 0 Å². The van der Waals surface area contributed by atoms with Gasteiger partial charge >= 0.3 is 5.97 Å². The number of esters is 1. The van der Waals surface area contributed by atoms with E-state index >= 15 is 0 Å². The number of aromatic nitrogens is 3. The number of carbonyl (C=O) groups is 1. The molecule has 0 N–H and O–H groups in total. The van der Waals surface area contributed by atoms with Gasteiger partial charge in [-0.1, -0.05) is 29.4 Å². The van der Waals surface area contributed by atoms with E-state index in [1.807, 2.05) is 48.5 Å². The van der Waals surface area contributed by atoms with Gasteiger partial charge in [0.1, 0.15) is 23.5 Å². The highest BCUT2D eigenvalue weighted by Crippen LogP contribution is 2.28. The summed E-state index contributed by atoms with van der Waals surface area (Å²) in [6.45, 7) is 1.77. The molecule has 0 radical (unpaired) electrons. The van der Waals surface area contributed by atoms with Crippen LogP contribution >= 0.6 is 0 Å². The summed E-state index contributed by atoms with van der Waals surface area (Å²) >= 11 is 0. The number of furan rings is 1. The Morgan fingerprint density at radius 2 is 1.96 bits per heavy atom. The lowest BCUT2D eigenvalue weighted by atomic mass is 10.2. The molecule has 4 aromatic heterocycles. The maximum absolute atomic E-state index is 12.5. The van der Waals surface area contributed by atoms with E-state index in [2.05, 4.69) is 10.1 Å². The number of imidazole rings is 1. The third-order valence-corrected chi connectivity index (χ3v) is 4.48. The fourth-order valence-electron chi connectivity index (χ4n) is 3.17. The number of para-hydroxylation sites is 1. The zero-order chi connectivity index (χ0) is 19.1. The lowest BCUT2D eigenvalue weighted by molar-refractivity contribution is 0.0455. The lowest BCUT2D eigenvalue weighted by Gasteiger charge is -2.03. The minimum absolute atomic E-state index is 0.0118. The third-order valence-electron chi connectivity index (χ3n) is 4.48. The standard InChI is InChI=1S/C21H15N3O4/c1-13-20(24-9-5-4-8-19(24)22-13)21(25)26-12-15-11-18(28-23-15)17-10-14-6-2-3-7-16(14)27-17/h2-11H,12H2,1H3. The van der Waals surface area contributed by atoms with Crippen LogP contribution in [0.5, 0.6) is 0 Å². The monoisotopic (exact) mass is 373 g/mol. The van der Waals surface area contributed by atoms with Gasteiger partial charge in [0.15, 0.2) is 11.5 Å². The molecule has 0 aliphatic heterocycles. The fourth-order valence-corrected chi connectivity index (χ4v) is 3.17. The Bertz CT molecular complexity index is 1280. The molecule has 7 nitrogen and oxygen atoms in total. The highest BCUT2D eigenvalue weighted by atomic mass is 16.5.